The number of benzene rings is 1. The zero-order valence-corrected chi connectivity index (χ0v) is 22.9. The van der Waals surface area contributed by atoms with Crippen molar-refractivity contribution >= 4 is 46.1 Å². The molecule has 0 saturated carbocycles. The van der Waals surface area contributed by atoms with Gasteiger partial charge in [-0.1, -0.05) is 62.3 Å². The number of methoxy groups -OCH3 is 1. The number of unbranched alkanes of at least 4 members (excludes halogenated alkanes) is 3. The first-order valence-corrected chi connectivity index (χ1v) is 13.4. The molecule has 1 fully saturated rings. The molecule has 0 bridgehead atoms. The summed E-state index contributed by atoms with van der Waals surface area (Å²) < 4.78 is 7.32. The molecule has 2 heterocycles. The van der Waals surface area contributed by atoms with E-state index in [2.05, 4.69) is 18.3 Å². The van der Waals surface area contributed by atoms with Crippen molar-refractivity contribution in [2.75, 3.05) is 19.0 Å². The predicted octanol–water partition coefficient (Wildman–Crippen LogP) is 5.45. The number of thioether (sulfide) groups is 1. The number of nitriles is 1. The third-order valence-corrected chi connectivity index (χ3v) is 7.57. The smallest absolute Gasteiger partial charge is 0.270 e. The highest BCUT2D eigenvalue weighted by Gasteiger charge is 2.32. The van der Waals surface area contributed by atoms with Crippen LogP contribution in [0.2, 0.25) is 0 Å². The number of nitrogens with one attached hydrogen (secondary N) is 1. The molecule has 1 amide bonds. The second kappa shape index (κ2) is 12.7. The number of carbonyl (C=O) groups excluding carboxylic acids is 1. The SMILES string of the molecule is CCCCCCN1C(=O)/C(=C\c2c(C)c(C#N)c(=O)n(CC)c2NCc2ccc(OC)cc2)SC1=S. The zero-order chi connectivity index (χ0) is 26.2. The predicted molar refractivity (Wildman–Crippen MR) is 150 cm³/mol. The summed E-state index contributed by atoms with van der Waals surface area (Å²) in [4.78, 5) is 28.4. The highest BCUT2D eigenvalue weighted by Crippen LogP contribution is 2.35. The first-order valence-electron chi connectivity index (χ1n) is 12.2. The zero-order valence-electron chi connectivity index (χ0n) is 21.2. The molecule has 1 saturated heterocycles. The number of anilines is 1. The Labute approximate surface area is 222 Å². The van der Waals surface area contributed by atoms with Crippen LogP contribution in [0.5, 0.6) is 5.75 Å². The molecular formula is C27H32N4O3S2. The molecule has 0 radical (unpaired) electrons. The molecule has 0 spiro atoms. The quantitative estimate of drug-likeness (QED) is 0.238. The second-order valence-corrected chi connectivity index (χ2v) is 10.2. The van der Waals surface area contributed by atoms with Crippen molar-refractivity contribution in [3.05, 3.63) is 61.8 Å². The van der Waals surface area contributed by atoms with Crippen LogP contribution in [-0.4, -0.2) is 33.3 Å². The van der Waals surface area contributed by atoms with Gasteiger partial charge in [0.15, 0.2) is 0 Å². The van der Waals surface area contributed by atoms with E-state index in [0.29, 0.717) is 45.8 Å². The maximum atomic E-state index is 13.2. The van der Waals surface area contributed by atoms with Crippen LogP contribution in [0.25, 0.3) is 6.08 Å². The van der Waals surface area contributed by atoms with E-state index in [4.69, 9.17) is 17.0 Å². The van der Waals surface area contributed by atoms with Crippen molar-refractivity contribution in [3.8, 4) is 11.8 Å². The van der Waals surface area contributed by atoms with Gasteiger partial charge in [-0.2, -0.15) is 5.26 Å². The molecule has 1 aromatic heterocycles. The molecule has 0 aliphatic carbocycles. The van der Waals surface area contributed by atoms with Crippen LogP contribution < -0.4 is 15.6 Å². The Morgan fingerprint density at radius 2 is 1.89 bits per heavy atom. The Morgan fingerprint density at radius 3 is 2.50 bits per heavy atom. The summed E-state index contributed by atoms with van der Waals surface area (Å²) in [6.07, 6.45) is 5.98. The number of ether oxygens (including phenoxy) is 1. The Hall–Kier alpha value is -3.09. The number of thiocarbonyl (C=S) groups is 1. The number of carbonyl (C=O) groups is 1. The Kier molecular flexibility index (Phi) is 9.73. The minimum Gasteiger partial charge on any atom is -0.497 e. The maximum Gasteiger partial charge on any atom is 0.270 e. The van der Waals surface area contributed by atoms with Gasteiger partial charge in [0.25, 0.3) is 11.5 Å². The number of amides is 1. The van der Waals surface area contributed by atoms with E-state index in [1.807, 2.05) is 31.2 Å². The van der Waals surface area contributed by atoms with Gasteiger partial charge in [0.2, 0.25) is 0 Å². The van der Waals surface area contributed by atoms with Gasteiger partial charge in [-0.15, -0.1) is 0 Å². The fourth-order valence-corrected chi connectivity index (χ4v) is 5.40. The number of pyridine rings is 1. The topological polar surface area (TPSA) is 87.4 Å². The molecule has 1 N–H and O–H groups in total. The molecule has 7 nitrogen and oxygen atoms in total. The van der Waals surface area contributed by atoms with Gasteiger partial charge in [0.05, 0.1) is 12.0 Å². The van der Waals surface area contributed by atoms with Crippen LogP contribution in [-0.2, 0) is 17.9 Å². The third kappa shape index (κ3) is 6.00. The number of nitrogens with zero attached hydrogens (tertiary/aromatic N) is 3. The van der Waals surface area contributed by atoms with Crippen LogP contribution in [0.15, 0.2) is 34.0 Å². The van der Waals surface area contributed by atoms with E-state index in [9.17, 15) is 14.9 Å². The minimum absolute atomic E-state index is 0.0770. The summed E-state index contributed by atoms with van der Waals surface area (Å²) in [5.41, 5.74) is 1.91. The second-order valence-electron chi connectivity index (χ2n) is 8.52. The van der Waals surface area contributed by atoms with Gasteiger partial charge >= 0.3 is 0 Å². The Balaban J connectivity index is 2.00. The highest BCUT2D eigenvalue weighted by molar-refractivity contribution is 8.26. The molecule has 0 unspecified atom stereocenters. The van der Waals surface area contributed by atoms with Crippen LogP contribution in [0, 0.1) is 18.3 Å². The van der Waals surface area contributed by atoms with Crippen molar-refractivity contribution in [2.45, 2.75) is 59.5 Å². The fourth-order valence-electron chi connectivity index (χ4n) is 4.10. The summed E-state index contributed by atoms with van der Waals surface area (Å²) in [7, 11) is 1.62. The largest absolute Gasteiger partial charge is 0.497 e. The Morgan fingerprint density at radius 1 is 1.17 bits per heavy atom. The molecule has 190 valence electrons. The lowest BCUT2D eigenvalue weighted by atomic mass is 10.0. The van der Waals surface area contributed by atoms with Crippen LogP contribution in [0.3, 0.4) is 0 Å². The molecule has 36 heavy (non-hydrogen) atoms. The molecule has 1 aliphatic rings. The molecule has 3 rings (SSSR count). The van der Waals surface area contributed by atoms with Gasteiger partial charge in [-0.25, -0.2) is 0 Å². The van der Waals surface area contributed by atoms with Crippen LogP contribution in [0.1, 0.15) is 61.8 Å². The molecule has 1 aliphatic heterocycles. The lowest BCUT2D eigenvalue weighted by Gasteiger charge is -2.19. The summed E-state index contributed by atoms with van der Waals surface area (Å²) >= 11 is 6.77. The van der Waals surface area contributed by atoms with Crippen molar-refractivity contribution < 1.29 is 9.53 Å². The number of aromatic nitrogens is 1. The van der Waals surface area contributed by atoms with Gasteiger partial charge in [-0.05, 0) is 49.6 Å². The Bertz CT molecular complexity index is 1260. The highest BCUT2D eigenvalue weighted by atomic mass is 32.2. The van der Waals surface area contributed by atoms with Crippen molar-refractivity contribution in [1.82, 2.24) is 9.47 Å². The van der Waals surface area contributed by atoms with E-state index in [0.717, 1.165) is 37.0 Å². The molecule has 1 aromatic carbocycles. The number of hydrogen-bond donors (Lipinski definition) is 1. The van der Waals surface area contributed by atoms with Crippen LogP contribution in [0.4, 0.5) is 5.82 Å². The minimum atomic E-state index is -0.352. The van der Waals surface area contributed by atoms with E-state index >= 15 is 0 Å². The number of rotatable bonds is 11. The molecule has 2 aromatic rings. The molecule has 0 atom stereocenters. The van der Waals surface area contributed by atoms with Crippen molar-refractivity contribution in [3.63, 3.8) is 0 Å². The molecular weight excluding hydrogens is 492 g/mol. The van der Waals surface area contributed by atoms with Crippen molar-refractivity contribution in [1.29, 1.82) is 5.26 Å². The van der Waals surface area contributed by atoms with E-state index in [-0.39, 0.29) is 17.0 Å². The van der Waals surface area contributed by atoms with E-state index < -0.39 is 0 Å². The lowest BCUT2D eigenvalue weighted by Crippen LogP contribution is -2.29. The average Bonchev–Trinajstić information content (AvgIpc) is 3.15. The van der Waals surface area contributed by atoms with Gasteiger partial charge in [-0.3, -0.25) is 19.1 Å². The third-order valence-electron chi connectivity index (χ3n) is 6.19. The first-order chi connectivity index (χ1) is 17.4. The van der Waals surface area contributed by atoms with E-state index in [1.54, 1.807) is 29.6 Å². The first kappa shape index (κ1) is 27.5. The summed E-state index contributed by atoms with van der Waals surface area (Å²) in [5.74, 6) is 1.20. The van der Waals surface area contributed by atoms with Crippen LogP contribution >= 0.6 is 24.0 Å². The van der Waals surface area contributed by atoms with Gasteiger partial charge in [0, 0.05) is 25.2 Å². The fraction of sp³-hybridized carbons (Fsp3) is 0.407. The molecule has 9 heteroatoms. The summed E-state index contributed by atoms with van der Waals surface area (Å²) in [6.45, 7) is 7.18. The standard InChI is InChI=1S/C27H32N4O3S2/c1-5-7-8-9-14-31-26(33)23(36-27(31)35)15-21-18(3)22(16-28)25(32)30(6-2)24(21)29-17-19-10-12-20(34-4)13-11-19/h10-13,15,29H,5-9,14,17H2,1-4H3/b23-15+. The summed E-state index contributed by atoms with van der Waals surface area (Å²) in [5, 5.41) is 13.1. The van der Waals surface area contributed by atoms with E-state index in [1.165, 1.54) is 11.8 Å². The van der Waals surface area contributed by atoms with Gasteiger partial charge in [0.1, 0.15) is 27.5 Å². The maximum absolute atomic E-state index is 13.2. The van der Waals surface area contributed by atoms with Gasteiger partial charge < -0.3 is 10.1 Å². The number of hydrogen-bond acceptors (Lipinski definition) is 7. The normalized spacial score (nSPS) is 14.4. The van der Waals surface area contributed by atoms with Crippen molar-refractivity contribution in [2.24, 2.45) is 0 Å². The summed E-state index contributed by atoms with van der Waals surface area (Å²) in [6, 6.07) is 9.69. The average molecular weight is 525 g/mol. The monoisotopic (exact) mass is 524 g/mol. The lowest BCUT2D eigenvalue weighted by molar-refractivity contribution is -0.122.